The third kappa shape index (κ3) is 5.14. The second-order valence-electron chi connectivity index (χ2n) is 7.90. The van der Waals surface area contributed by atoms with Gasteiger partial charge in [0.2, 0.25) is 10.0 Å². The van der Waals surface area contributed by atoms with Crippen molar-refractivity contribution in [2.75, 3.05) is 19.6 Å². The molecule has 8 heteroatoms. The van der Waals surface area contributed by atoms with Crippen molar-refractivity contribution in [2.45, 2.75) is 43.4 Å². The molecular formula is C23H28N4O3S. The Bertz CT molecular complexity index is 1100. The van der Waals surface area contributed by atoms with E-state index in [1.807, 2.05) is 24.3 Å². The second kappa shape index (κ2) is 9.62. The number of hydrogen-bond acceptors (Lipinski definition) is 4. The largest absolute Gasteiger partial charge is 0.352 e. The molecular weight excluding hydrogens is 412 g/mol. The molecule has 0 bridgehead atoms. The summed E-state index contributed by atoms with van der Waals surface area (Å²) in [5.74, 6) is 0.696. The van der Waals surface area contributed by atoms with Crippen LogP contribution in [0.15, 0.2) is 53.4 Å². The minimum Gasteiger partial charge on any atom is -0.352 e. The van der Waals surface area contributed by atoms with Gasteiger partial charge in [0.1, 0.15) is 5.82 Å². The molecule has 2 N–H and O–H groups in total. The minimum absolute atomic E-state index is 0.205. The van der Waals surface area contributed by atoms with Gasteiger partial charge in [0.05, 0.1) is 15.9 Å². The van der Waals surface area contributed by atoms with Crippen LogP contribution in [0.4, 0.5) is 0 Å². The predicted molar refractivity (Wildman–Crippen MR) is 120 cm³/mol. The van der Waals surface area contributed by atoms with E-state index in [0.717, 1.165) is 55.4 Å². The average molecular weight is 441 g/mol. The maximum Gasteiger partial charge on any atom is 0.251 e. The van der Waals surface area contributed by atoms with E-state index in [1.165, 1.54) is 12.1 Å². The van der Waals surface area contributed by atoms with Crippen LogP contribution in [0.1, 0.15) is 48.3 Å². The number of carbonyl (C=O) groups is 1. The van der Waals surface area contributed by atoms with Crippen LogP contribution < -0.4 is 5.32 Å². The quantitative estimate of drug-likeness (QED) is 0.550. The highest BCUT2D eigenvalue weighted by atomic mass is 32.2. The number of aromatic amines is 1. The number of carbonyl (C=O) groups excluding carboxylic acids is 1. The number of amides is 1. The molecule has 2 heterocycles. The Labute approximate surface area is 182 Å². The Hall–Kier alpha value is -2.71. The average Bonchev–Trinajstić information content (AvgIpc) is 2.99. The summed E-state index contributed by atoms with van der Waals surface area (Å²) in [5, 5.41) is 2.89. The van der Waals surface area contributed by atoms with Gasteiger partial charge in [-0.15, -0.1) is 0 Å². The van der Waals surface area contributed by atoms with Gasteiger partial charge in [0.25, 0.3) is 5.91 Å². The zero-order chi connectivity index (χ0) is 21.7. The molecule has 0 saturated carbocycles. The number of rotatable bonds is 7. The van der Waals surface area contributed by atoms with E-state index >= 15 is 0 Å². The van der Waals surface area contributed by atoms with Crippen LogP contribution in [-0.2, 0) is 16.4 Å². The number of para-hydroxylation sites is 2. The Balaban J connectivity index is 1.29. The van der Waals surface area contributed by atoms with Gasteiger partial charge in [0, 0.05) is 31.6 Å². The molecule has 1 saturated heterocycles. The van der Waals surface area contributed by atoms with Crippen molar-refractivity contribution < 1.29 is 13.2 Å². The van der Waals surface area contributed by atoms with Crippen molar-refractivity contribution in [2.24, 2.45) is 0 Å². The molecule has 0 unspecified atom stereocenters. The van der Waals surface area contributed by atoms with E-state index in [0.29, 0.717) is 25.2 Å². The lowest BCUT2D eigenvalue weighted by Gasteiger charge is -2.20. The number of H-pyrrole nitrogens is 1. The third-order valence-electron chi connectivity index (χ3n) is 5.63. The normalized spacial score (nSPS) is 15.6. The number of nitrogens with one attached hydrogen (secondary N) is 2. The number of aryl methyl sites for hydroxylation is 1. The van der Waals surface area contributed by atoms with Crippen LogP contribution in [-0.4, -0.2) is 48.2 Å². The van der Waals surface area contributed by atoms with E-state index in [9.17, 15) is 13.2 Å². The molecule has 164 valence electrons. The summed E-state index contributed by atoms with van der Waals surface area (Å²) < 4.78 is 27.3. The zero-order valence-electron chi connectivity index (χ0n) is 17.5. The Kier molecular flexibility index (Phi) is 6.67. The standard InChI is InChI=1S/C23H28N4O3S/c28-23(24-15-7-10-22-25-20-8-3-4-9-21(20)26-22)18-11-13-19(14-12-18)31(29,30)27-16-5-1-2-6-17-27/h3-4,8-9,11-14H,1-2,5-7,10,15-17H2,(H,24,28)(H,25,26). The molecule has 1 fully saturated rings. The fourth-order valence-corrected chi connectivity index (χ4v) is 5.41. The van der Waals surface area contributed by atoms with E-state index in [4.69, 9.17) is 0 Å². The molecule has 31 heavy (non-hydrogen) atoms. The highest BCUT2D eigenvalue weighted by molar-refractivity contribution is 7.89. The molecule has 0 aliphatic carbocycles. The van der Waals surface area contributed by atoms with Gasteiger partial charge in [-0.2, -0.15) is 4.31 Å². The molecule has 1 amide bonds. The number of imidazole rings is 1. The summed E-state index contributed by atoms with van der Waals surface area (Å²) in [7, 11) is -3.50. The highest BCUT2D eigenvalue weighted by Crippen LogP contribution is 2.20. The summed E-state index contributed by atoms with van der Waals surface area (Å²) in [4.78, 5) is 20.5. The summed E-state index contributed by atoms with van der Waals surface area (Å²) >= 11 is 0. The number of benzene rings is 2. The highest BCUT2D eigenvalue weighted by Gasteiger charge is 2.25. The number of nitrogens with zero attached hydrogens (tertiary/aromatic N) is 2. The Morgan fingerprint density at radius 2 is 1.71 bits per heavy atom. The van der Waals surface area contributed by atoms with Gasteiger partial charge in [-0.25, -0.2) is 13.4 Å². The van der Waals surface area contributed by atoms with Crippen LogP contribution in [0.25, 0.3) is 11.0 Å². The van der Waals surface area contributed by atoms with E-state index < -0.39 is 10.0 Å². The van der Waals surface area contributed by atoms with Gasteiger partial charge in [0.15, 0.2) is 0 Å². The molecule has 4 rings (SSSR count). The Morgan fingerprint density at radius 3 is 2.42 bits per heavy atom. The number of hydrogen-bond donors (Lipinski definition) is 2. The molecule has 7 nitrogen and oxygen atoms in total. The van der Waals surface area contributed by atoms with E-state index in [2.05, 4.69) is 15.3 Å². The lowest BCUT2D eigenvalue weighted by Crippen LogP contribution is -2.32. The summed E-state index contributed by atoms with van der Waals surface area (Å²) in [6.07, 6.45) is 5.43. The van der Waals surface area contributed by atoms with Crippen molar-refractivity contribution in [3.63, 3.8) is 0 Å². The van der Waals surface area contributed by atoms with Crippen molar-refractivity contribution >= 4 is 27.0 Å². The molecule has 1 aromatic heterocycles. The SMILES string of the molecule is O=C(NCCCc1nc2ccccc2[nH]1)c1ccc(S(=O)(=O)N2CCCCCC2)cc1. The lowest BCUT2D eigenvalue weighted by atomic mass is 10.2. The van der Waals surface area contributed by atoms with Crippen LogP contribution in [0.5, 0.6) is 0 Å². The molecule has 3 aromatic rings. The fraction of sp³-hybridized carbons (Fsp3) is 0.391. The first kappa shape index (κ1) is 21.5. The van der Waals surface area contributed by atoms with Crippen molar-refractivity contribution in [1.82, 2.24) is 19.6 Å². The smallest absolute Gasteiger partial charge is 0.251 e. The lowest BCUT2D eigenvalue weighted by molar-refractivity contribution is 0.0953. The van der Waals surface area contributed by atoms with Gasteiger partial charge in [-0.3, -0.25) is 4.79 Å². The second-order valence-corrected chi connectivity index (χ2v) is 9.84. The molecule has 2 aromatic carbocycles. The number of sulfonamides is 1. The maximum absolute atomic E-state index is 12.8. The monoisotopic (exact) mass is 440 g/mol. The molecule has 0 spiro atoms. The van der Waals surface area contributed by atoms with E-state index in [-0.39, 0.29) is 10.8 Å². The fourth-order valence-electron chi connectivity index (χ4n) is 3.89. The molecule has 1 aliphatic heterocycles. The number of fused-ring (bicyclic) bond motifs is 1. The molecule has 0 atom stereocenters. The van der Waals surface area contributed by atoms with Crippen LogP contribution in [0, 0.1) is 0 Å². The van der Waals surface area contributed by atoms with E-state index in [1.54, 1.807) is 16.4 Å². The van der Waals surface area contributed by atoms with Gasteiger partial charge in [-0.05, 0) is 55.7 Å². The Morgan fingerprint density at radius 1 is 1.00 bits per heavy atom. The van der Waals surface area contributed by atoms with Gasteiger partial charge >= 0.3 is 0 Å². The summed E-state index contributed by atoms with van der Waals surface area (Å²) in [6.45, 7) is 1.65. The minimum atomic E-state index is -3.50. The van der Waals surface area contributed by atoms with Crippen molar-refractivity contribution in [3.05, 3.63) is 59.9 Å². The predicted octanol–water partition coefficient (Wildman–Crippen LogP) is 3.49. The van der Waals surface area contributed by atoms with Gasteiger partial charge < -0.3 is 10.3 Å². The third-order valence-corrected chi connectivity index (χ3v) is 7.55. The summed E-state index contributed by atoms with van der Waals surface area (Å²) in [6, 6.07) is 14.1. The first-order valence-corrected chi connectivity index (χ1v) is 12.3. The van der Waals surface area contributed by atoms with Crippen molar-refractivity contribution in [3.8, 4) is 0 Å². The van der Waals surface area contributed by atoms with Crippen LogP contribution in [0.2, 0.25) is 0 Å². The topological polar surface area (TPSA) is 95.2 Å². The van der Waals surface area contributed by atoms with Crippen LogP contribution in [0.3, 0.4) is 0 Å². The first-order chi connectivity index (χ1) is 15.0. The maximum atomic E-state index is 12.8. The van der Waals surface area contributed by atoms with Gasteiger partial charge in [-0.1, -0.05) is 25.0 Å². The van der Waals surface area contributed by atoms with Crippen molar-refractivity contribution in [1.29, 1.82) is 0 Å². The van der Waals surface area contributed by atoms with Crippen LogP contribution >= 0.6 is 0 Å². The molecule has 0 radical (unpaired) electrons. The first-order valence-electron chi connectivity index (χ1n) is 10.9. The number of aromatic nitrogens is 2. The molecule has 1 aliphatic rings. The summed E-state index contributed by atoms with van der Waals surface area (Å²) in [5.41, 5.74) is 2.41. The zero-order valence-corrected chi connectivity index (χ0v) is 18.3.